The van der Waals surface area contributed by atoms with Crippen LogP contribution in [0.1, 0.15) is 6.92 Å². The fourth-order valence-corrected chi connectivity index (χ4v) is 2.57. The number of rotatable bonds is 4. The van der Waals surface area contributed by atoms with Crippen LogP contribution in [-0.4, -0.2) is 43.2 Å². The second kappa shape index (κ2) is 6.73. The van der Waals surface area contributed by atoms with E-state index in [1.165, 1.54) is 12.1 Å². The highest BCUT2D eigenvalue weighted by Crippen LogP contribution is 2.31. The van der Waals surface area contributed by atoms with Gasteiger partial charge in [0.15, 0.2) is 0 Å². The van der Waals surface area contributed by atoms with Gasteiger partial charge in [-0.1, -0.05) is 11.6 Å². The Bertz CT molecular complexity index is 552. The van der Waals surface area contributed by atoms with E-state index in [2.05, 4.69) is 5.32 Å². The van der Waals surface area contributed by atoms with Crippen molar-refractivity contribution in [3.05, 3.63) is 33.3 Å². The third-order valence-corrected chi connectivity index (χ3v) is 3.56. The average Bonchev–Trinajstić information content (AvgIpc) is 2.47. The Morgan fingerprint density at radius 1 is 1.62 bits per heavy atom. The summed E-state index contributed by atoms with van der Waals surface area (Å²) in [6.45, 7) is 3.77. The van der Waals surface area contributed by atoms with Crippen molar-refractivity contribution < 1.29 is 14.5 Å². The Morgan fingerprint density at radius 2 is 2.38 bits per heavy atom. The summed E-state index contributed by atoms with van der Waals surface area (Å²) in [7, 11) is 0. The van der Waals surface area contributed by atoms with Crippen LogP contribution >= 0.6 is 11.6 Å². The molecule has 1 N–H and O–H groups in total. The molecule has 1 atom stereocenters. The third kappa shape index (κ3) is 3.43. The van der Waals surface area contributed by atoms with E-state index in [9.17, 15) is 14.9 Å². The molecule has 2 rings (SSSR count). The molecule has 0 spiro atoms. The summed E-state index contributed by atoms with van der Waals surface area (Å²) in [4.78, 5) is 24.1. The van der Waals surface area contributed by atoms with Crippen molar-refractivity contribution in [3.63, 3.8) is 0 Å². The Morgan fingerprint density at radius 3 is 3.00 bits per heavy atom. The number of halogens is 1. The summed E-state index contributed by atoms with van der Waals surface area (Å²) in [5, 5.41) is 14.1. The Labute approximate surface area is 127 Å². The van der Waals surface area contributed by atoms with Gasteiger partial charge >= 0.3 is 5.97 Å². The van der Waals surface area contributed by atoms with Crippen LogP contribution in [0.15, 0.2) is 18.2 Å². The number of nitro benzene ring substituents is 1. The van der Waals surface area contributed by atoms with Crippen LogP contribution in [0.25, 0.3) is 0 Å². The number of ether oxygens (including phenoxy) is 1. The van der Waals surface area contributed by atoms with Gasteiger partial charge in [-0.25, -0.2) is 4.79 Å². The van der Waals surface area contributed by atoms with Gasteiger partial charge in [0.2, 0.25) is 0 Å². The lowest BCUT2D eigenvalue weighted by Gasteiger charge is -2.36. The lowest BCUT2D eigenvalue weighted by Crippen LogP contribution is -2.55. The lowest BCUT2D eigenvalue weighted by molar-refractivity contribution is -0.384. The zero-order valence-electron chi connectivity index (χ0n) is 11.5. The molecule has 114 valence electrons. The van der Waals surface area contributed by atoms with Crippen LogP contribution in [0, 0.1) is 10.1 Å². The molecule has 21 heavy (non-hydrogen) atoms. The number of nitrogens with zero attached hydrogens (tertiary/aromatic N) is 2. The van der Waals surface area contributed by atoms with E-state index >= 15 is 0 Å². The smallest absolute Gasteiger partial charge is 0.330 e. The number of nitro groups is 1. The molecule has 1 fully saturated rings. The van der Waals surface area contributed by atoms with Crippen molar-refractivity contribution in [2.24, 2.45) is 0 Å². The number of non-ortho nitro benzene ring substituents is 1. The predicted octanol–water partition coefficient (Wildman–Crippen LogP) is 1.59. The zero-order valence-corrected chi connectivity index (χ0v) is 12.3. The van der Waals surface area contributed by atoms with Crippen LogP contribution in [-0.2, 0) is 9.53 Å². The highest BCUT2D eigenvalue weighted by Gasteiger charge is 2.31. The van der Waals surface area contributed by atoms with Gasteiger partial charge in [0.05, 0.1) is 22.2 Å². The number of anilines is 1. The molecule has 0 amide bonds. The van der Waals surface area contributed by atoms with E-state index < -0.39 is 11.0 Å². The first kappa shape index (κ1) is 15.5. The Hall–Kier alpha value is -1.86. The highest BCUT2D eigenvalue weighted by atomic mass is 35.5. The first-order valence-electron chi connectivity index (χ1n) is 6.62. The largest absolute Gasteiger partial charge is 0.464 e. The molecule has 0 aromatic heterocycles. The number of benzene rings is 1. The number of esters is 1. The van der Waals surface area contributed by atoms with Gasteiger partial charge < -0.3 is 15.0 Å². The van der Waals surface area contributed by atoms with Crippen molar-refractivity contribution in [3.8, 4) is 0 Å². The maximum absolute atomic E-state index is 12.0. The maximum Gasteiger partial charge on any atom is 0.330 e. The third-order valence-electron chi connectivity index (χ3n) is 3.25. The van der Waals surface area contributed by atoms with Crippen molar-refractivity contribution in [2.75, 3.05) is 31.1 Å². The number of carbonyl (C=O) groups excluding carboxylic acids is 1. The maximum atomic E-state index is 12.0. The first-order chi connectivity index (χ1) is 10.0. The molecule has 0 aliphatic carbocycles. The van der Waals surface area contributed by atoms with Crippen molar-refractivity contribution in [1.29, 1.82) is 0 Å². The number of hydrogen-bond donors (Lipinski definition) is 1. The Kier molecular flexibility index (Phi) is 4.98. The zero-order chi connectivity index (χ0) is 15.4. The van der Waals surface area contributed by atoms with Crippen LogP contribution in [0.5, 0.6) is 0 Å². The minimum atomic E-state index is -0.504. The molecule has 1 aromatic rings. The molecule has 1 unspecified atom stereocenters. The van der Waals surface area contributed by atoms with Gasteiger partial charge in [-0.15, -0.1) is 0 Å². The minimum absolute atomic E-state index is 0.0773. The molecule has 1 aliphatic rings. The monoisotopic (exact) mass is 313 g/mol. The number of hydrogen-bond acceptors (Lipinski definition) is 6. The molecule has 1 aromatic carbocycles. The van der Waals surface area contributed by atoms with Gasteiger partial charge in [-0.3, -0.25) is 10.1 Å². The molecule has 1 aliphatic heterocycles. The number of carbonyl (C=O) groups is 1. The molecule has 0 radical (unpaired) electrons. The van der Waals surface area contributed by atoms with Gasteiger partial charge in [0.25, 0.3) is 5.69 Å². The SMILES string of the molecule is CCOC(=O)C1CNCCN1c1ccc([N+](=O)[O-])cc1Cl. The first-order valence-corrected chi connectivity index (χ1v) is 7.00. The van der Waals surface area contributed by atoms with Crippen molar-refractivity contribution >= 4 is 28.9 Å². The van der Waals surface area contributed by atoms with Gasteiger partial charge in [-0.2, -0.15) is 0 Å². The van der Waals surface area contributed by atoms with Crippen LogP contribution in [0.4, 0.5) is 11.4 Å². The van der Waals surface area contributed by atoms with Gasteiger partial charge in [0, 0.05) is 31.8 Å². The van der Waals surface area contributed by atoms with Gasteiger partial charge in [0.1, 0.15) is 6.04 Å². The second-order valence-electron chi connectivity index (χ2n) is 4.56. The normalized spacial score (nSPS) is 18.4. The van der Waals surface area contributed by atoms with E-state index in [-0.39, 0.29) is 16.7 Å². The summed E-state index contributed by atoms with van der Waals surface area (Å²) in [6, 6.07) is 3.75. The minimum Gasteiger partial charge on any atom is -0.464 e. The quantitative estimate of drug-likeness (QED) is 0.516. The van der Waals surface area contributed by atoms with Crippen LogP contribution < -0.4 is 10.2 Å². The number of nitrogens with one attached hydrogen (secondary N) is 1. The topological polar surface area (TPSA) is 84.7 Å². The predicted molar refractivity (Wildman–Crippen MR) is 78.7 cm³/mol. The van der Waals surface area contributed by atoms with E-state index in [4.69, 9.17) is 16.3 Å². The summed E-state index contributed by atoms with van der Waals surface area (Å²) in [6.07, 6.45) is 0. The molecular weight excluding hydrogens is 298 g/mol. The summed E-state index contributed by atoms with van der Waals surface area (Å²) in [5.74, 6) is -0.334. The van der Waals surface area contributed by atoms with E-state index in [0.29, 0.717) is 31.9 Å². The standard InChI is InChI=1S/C13H16ClN3O4/c1-2-21-13(18)12-8-15-5-6-16(12)11-4-3-9(17(19)20)7-10(11)14/h3-4,7,12,15H,2,5-6,8H2,1H3. The van der Waals surface area contributed by atoms with Crippen LogP contribution in [0.2, 0.25) is 5.02 Å². The lowest BCUT2D eigenvalue weighted by atomic mass is 10.1. The van der Waals surface area contributed by atoms with Crippen molar-refractivity contribution in [2.45, 2.75) is 13.0 Å². The van der Waals surface area contributed by atoms with Crippen molar-refractivity contribution in [1.82, 2.24) is 5.32 Å². The number of piperazine rings is 1. The molecule has 8 heteroatoms. The average molecular weight is 314 g/mol. The Balaban J connectivity index is 2.29. The van der Waals surface area contributed by atoms with E-state index in [1.807, 2.05) is 4.90 Å². The highest BCUT2D eigenvalue weighted by molar-refractivity contribution is 6.33. The van der Waals surface area contributed by atoms with Crippen LogP contribution in [0.3, 0.4) is 0 Å². The molecule has 0 saturated carbocycles. The summed E-state index contributed by atoms with van der Waals surface area (Å²) in [5.41, 5.74) is 0.522. The van der Waals surface area contributed by atoms with Gasteiger partial charge in [-0.05, 0) is 13.0 Å². The molecule has 1 saturated heterocycles. The fourth-order valence-electron chi connectivity index (χ4n) is 2.28. The molecule has 1 heterocycles. The second-order valence-corrected chi connectivity index (χ2v) is 4.97. The van der Waals surface area contributed by atoms with E-state index in [1.54, 1.807) is 13.0 Å². The molecule has 0 bridgehead atoms. The fraction of sp³-hybridized carbons (Fsp3) is 0.462. The summed E-state index contributed by atoms with van der Waals surface area (Å²) < 4.78 is 5.06. The summed E-state index contributed by atoms with van der Waals surface area (Å²) >= 11 is 6.14. The molecule has 7 nitrogen and oxygen atoms in total. The van der Waals surface area contributed by atoms with E-state index in [0.717, 1.165) is 0 Å². The molecular formula is C13H16ClN3O4.